The van der Waals surface area contributed by atoms with Crippen LogP contribution >= 0.6 is 0 Å². The van der Waals surface area contributed by atoms with E-state index in [2.05, 4.69) is 42.1 Å². The van der Waals surface area contributed by atoms with Crippen LogP contribution in [0.5, 0.6) is 0 Å². The Morgan fingerprint density at radius 3 is 1.84 bits per heavy atom. The van der Waals surface area contributed by atoms with Crippen molar-refractivity contribution in [3.63, 3.8) is 0 Å². The van der Waals surface area contributed by atoms with Gasteiger partial charge >= 0.3 is 0 Å². The molecule has 0 amide bonds. The molecular weight excluding hydrogens is 234 g/mol. The zero-order valence-corrected chi connectivity index (χ0v) is 13.6. The number of likely N-dealkylation sites (tertiary alicyclic amines) is 1. The molecule has 0 aromatic rings. The van der Waals surface area contributed by atoms with Crippen molar-refractivity contribution < 1.29 is 0 Å². The van der Waals surface area contributed by atoms with Gasteiger partial charge in [-0.2, -0.15) is 0 Å². The Morgan fingerprint density at radius 1 is 0.947 bits per heavy atom. The number of rotatable bonds is 2. The second kappa shape index (κ2) is 11.4. The molecule has 2 saturated heterocycles. The van der Waals surface area contributed by atoms with Crippen LogP contribution in [0.4, 0.5) is 0 Å². The molecule has 2 fully saturated rings. The molecule has 2 heterocycles. The van der Waals surface area contributed by atoms with Gasteiger partial charge in [0.1, 0.15) is 0 Å². The third kappa shape index (κ3) is 6.55. The number of piperazine rings is 1. The van der Waals surface area contributed by atoms with Crippen LogP contribution in [0, 0.1) is 0 Å². The lowest BCUT2D eigenvalue weighted by Crippen LogP contribution is -2.52. The van der Waals surface area contributed by atoms with Gasteiger partial charge in [0.05, 0.1) is 0 Å². The van der Waals surface area contributed by atoms with Gasteiger partial charge in [-0.25, -0.2) is 0 Å². The molecular formula is C16H35N3. The number of nitrogens with one attached hydrogen (secondary N) is 1. The van der Waals surface area contributed by atoms with Gasteiger partial charge < -0.3 is 10.2 Å². The Balaban J connectivity index is 0.000000741. The highest BCUT2D eigenvalue weighted by Gasteiger charge is 2.25. The fourth-order valence-electron chi connectivity index (χ4n) is 2.81. The van der Waals surface area contributed by atoms with E-state index in [4.69, 9.17) is 0 Å². The molecule has 0 atom stereocenters. The summed E-state index contributed by atoms with van der Waals surface area (Å²) >= 11 is 0. The van der Waals surface area contributed by atoms with Crippen molar-refractivity contribution in [1.82, 2.24) is 15.1 Å². The van der Waals surface area contributed by atoms with E-state index in [0.717, 1.165) is 12.1 Å². The van der Waals surface area contributed by atoms with Crippen LogP contribution in [0.3, 0.4) is 0 Å². The fraction of sp³-hybridized carbons (Fsp3) is 0.875. The maximum atomic E-state index is 3.43. The van der Waals surface area contributed by atoms with Gasteiger partial charge in [-0.05, 0) is 39.8 Å². The van der Waals surface area contributed by atoms with Gasteiger partial charge in [-0.15, -0.1) is 13.2 Å². The molecule has 0 aromatic heterocycles. The summed E-state index contributed by atoms with van der Waals surface area (Å²) in [4.78, 5) is 5.30. The maximum absolute atomic E-state index is 3.43. The van der Waals surface area contributed by atoms with Crippen molar-refractivity contribution in [3.8, 4) is 0 Å². The Morgan fingerprint density at radius 2 is 1.42 bits per heavy atom. The topological polar surface area (TPSA) is 18.5 Å². The largest absolute Gasteiger partial charge is 0.314 e. The Hall–Kier alpha value is -0.380. The molecule has 1 N–H and O–H groups in total. The lowest BCUT2D eigenvalue weighted by Gasteiger charge is -2.41. The van der Waals surface area contributed by atoms with Gasteiger partial charge in [0.25, 0.3) is 0 Å². The van der Waals surface area contributed by atoms with E-state index < -0.39 is 0 Å². The van der Waals surface area contributed by atoms with E-state index >= 15 is 0 Å². The number of nitrogens with zero attached hydrogens (tertiary/aromatic N) is 2. The molecule has 0 radical (unpaired) electrons. The fourth-order valence-corrected chi connectivity index (χ4v) is 2.81. The molecule has 0 aliphatic carbocycles. The zero-order chi connectivity index (χ0) is 14.7. The molecule has 3 nitrogen and oxygen atoms in total. The van der Waals surface area contributed by atoms with E-state index in [1.807, 2.05) is 13.8 Å². The summed E-state index contributed by atoms with van der Waals surface area (Å²) in [6, 6.07) is 1.59. The molecule has 19 heavy (non-hydrogen) atoms. The molecule has 2 aliphatic rings. The highest BCUT2D eigenvalue weighted by atomic mass is 15.2. The summed E-state index contributed by atoms with van der Waals surface area (Å²) in [6.45, 7) is 22.1. The molecule has 0 unspecified atom stereocenters. The molecule has 0 bridgehead atoms. The van der Waals surface area contributed by atoms with Crippen LogP contribution in [0.15, 0.2) is 13.2 Å². The third-order valence-electron chi connectivity index (χ3n) is 3.90. The van der Waals surface area contributed by atoms with Gasteiger partial charge in [0, 0.05) is 38.3 Å². The third-order valence-corrected chi connectivity index (χ3v) is 3.90. The van der Waals surface area contributed by atoms with Crippen LogP contribution in [0.1, 0.15) is 40.5 Å². The normalized spacial score (nSPS) is 22.2. The van der Waals surface area contributed by atoms with Crippen LogP contribution in [-0.2, 0) is 0 Å². The SMILES string of the molecule is C=C.CC.CC(C)N1CCC(N2CCNCC2)CC1. The summed E-state index contributed by atoms with van der Waals surface area (Å²) in [7, 11) is 0. The van der Waals surface area contributed by atoms with E-state index in [0.29, 0.717) is 0 Å². The predicted molar refractivity (Wildman–Crippen MR) is 86.8 cm³/mol. The number of hydrogen-bond acceptors (Lipinski definition) is 3. The molecule has 0 aromatic carbocycles. The van der Waals surface area contributed by atoms with E-state index in [1.54, 1.807) is 0 Å². The standard InChI is InChI=1S/C12H25N3.C2H6.C2H4/c1-11(2)14-7-3-12(4-8-14)15-9-5-13-6-10-15;2*1-2/h11-13H,3-10H2,1-2H3;1-2H3;1-2H2. The Labute approximate surface area is 121 Å². The van der Waals surface area contributed by atoms with Crippen molar-refractivity contribution >= 4 is 0 Å². The number of hydrogen-bond donors (Lipinski definition) is 1. The van der Waals surface area contributed by atoms with Crippen LogP contribution in [-0.4, -0.2) is 61.2 Å². The first-order chi connectivity index (χ1) is 9.27. The average Bonchev–Trinajstić information content (AvgIpc) is 2.52. The summed E-state index contributed by atoms with van der Waals surface area (Å²) in [5.74, 6) is 0. The minimum atomic E-state index is 0.731. The maximum Gasteiger partial charge on any atom is 0.0121 e. The lowest BCUT2D eigenvalue weighted by molar-refractivity contribution is 0.0840. The van der Waals surface area contributed by atoms with Crippen LogP contribution < -0.4 is 5.32 Å². The van der Waals surface area contributed by atoms with Crippen molar-refractivity contribution in [3.05, 3.63) is 13.2 Å². The number of piperidine rings is 1. The van der Waals surface area contributed by atoms with Crippen molar-refractivity contribution in [1.29, 1.82) is 0 Å². The monoisotopic (exact) mass is 269 g/mol. The minimum absolute atomic E-state index is 0.731. The van der Waals surface area contributed by atoms with E-state index in [9.17, 15) is 0 Å². The molecule has 0 saturated carbocycles. The van der Waals surface area contributed by atoms with Crippen molar-refractivity contribution in [2.45, 2.75) is 52.6 Å². The predicted octanol–water partition coefficient (Wildman–Crippen LogP) is 2.59. The molecule has 2 rings (SSSR count). The first-order valence-corrected chi connectivity index (χ1v) is 7.96. The van der Waals surface area contributed by atoms with Crippen LogP contribution in [0.25, 0.3) is 0 Å². The summed E-state index contributed by atoms with van der Waals surface area (Å²) in [5, 5.41) is 3.43. The van der Waals surface area contributed by atoms with E-state index in [-0.39, 0.29) is 0 Å². The molecule has 114 valence electrons. The van der Waals surface area contributed by atoms with Gasteiger partial charge in [0.2, 0.25) is 0 Å². The zero-order valence-electron chi connectivity index (χ0n) is 13.6. The minimum Gasteiger partial charge on any atom is -0.314 e. The van der Waals surface area contributed by atoms with Crippen molar-refractivity contribution in [2.24, 2.45) is 0 Å². The molecule has 3 heteroatoms. The van der Waals surface area contributed by atoms with Crippen molar-refractivity contribution in [2.75, 3.05) is 39.3 Å². The van der Waals surface area contributed by atoms with Gasteiger partial charge in [0.15, 0.2) is 0 Å². The second-order valence-electron chi connectivity index (χ2n) is 5.15. The average molecular weight is 269 g/mol. The first kappa shape index (κ1) is 18.6. The Kier molecular flexibility index (Phi) is 11.2. The first-order valence-electron chi connectivity index (χ1n) is 7.96. The highest BCUT2D eigenvalue weighted by Crippen LogP contribution is 2.18. The quantitative estimate of drug-likeness (QED) is 0.777. The van der Waals surface area contributed by atoms with E-state index in [1.165, 1.54) is 52.1 Å². The van der Waals surface area contributed by atoms with Crippen LogP contribution in [0.2, 0.25) is 0 Å². The summed E-state index contributed by atoms with van der Waals surface area (Å²) < 4.78 is 0. The summed E-state index contributed by atoms with van der Waals surface area (Å²) in [5.41, 5.74) is 0. The molecule has 0 spiro atoms. The second-order valence-corrected chi connectivity index (χ2v) is 5.15. The smallest absolute Gasteiger partial charge is 0.0121 e. The lowest BCUT2D eigenvalue weighted by atomic mass is 10.0. The molecule has 2 aliphatic heterocycles. The summed E-state index contributed by atoms with van der Waals surface area (Å²) in [6.07, 6.45) is 2.75. The highest BCUT2D eigenvalue weighted by molar-refractivity contribution is 4.83. The Bertz CT molecular complexity index is 192. The van der Waals surface area contributed by atoms with Gasteiger partial charge in [-0.1, -0.05) is 13.8 Å². The van der Waals surface area contributed by atoms with Gasteiger partial charge in [-0.3, -0.25) is 4.90 Å².